The highest BCUT2D eigenvalue weighted by molar-refractivity contribution is 7.99. The molecule has 1 aliphatic heterocycles. The standard InChI is InChI=1S/C12H9NS.BH3O2/c1-3-7-11-9(5-1)13-10-6-2-4-8-12(10)14-11;2-1-3/h1-8,13H;1-3H. The van der Waals surface area contributed by atoms with Crippen LogP contribution in [-0.2, 0) is 0 Å². The van der Waals surface area contributed by atoms with Crippen LogP contribution < -0.4 is 5.32 Å². The van der Waals surface area contributed by atoms with Gasteiger partial charge in [-0.2, -0.15) is 0 Å². The van der Waals surface area contributed by atoms with E-state index in [4.69, 9.17) is 10.0 Å². The van der Waals surface area contributed by atoms with E-state index < -0.39 is 7.69 Å². The summed E-state index contributed by atoms with van der Waals surface area (Å²) in [6.07, 6.45) is 0. The van der Waals surface area contributed by atoms with Gasteiger partial charge in [0.2, 0.25) is 0 Å². The van der Waals surface area contributed by atoms with Crippen molar-refractivity contribution in [3.8, 4) is 0 Å². The SMILES string of the molecule is OBO.c1ccc2c(c1)Nc1ccccc1S2. The van der Waals surface area contributed by atoms with Crippen molar-refractivity contribution in [3.05, 3.63) is 48.5 Å². The van der Waals surface area contributed by atoms with E-state index >= 15 is 0 Å². The van der Waals surface area contributed by atoms with Gasteiger partial charge in [-0.15, -0.1) is 0 Å². The minimum absolute atomic E-state index is 0.750. The molecule has 1 aliphatic rings. The first-order valence-corrected chi connectivity index (χ1v) is 6.01. The molecule has 0 atom stereocenters. The third-order valence-electron chi connectivity index (χ3n) is 2.26. The minimum Gasteiger partial charge on any atom is -0.430 e. The highest BCUT2D eigenvalue weighted by Gasteiger charge is 2.13. The summed E-state index contributed by atoms with van der Waals surface area (Å²) in [5, 5.41) is 17.7. The van der Waals surface area contributed by atoms with Crippen molar-refractivity contribution in [2.75, 3.05) is 5.32 Å². The molecule has 86 valence electrons. The van der Waals surface area contributed by atoms with Crippen LogP contribution in [0.5, 0.6) is 0 Å². The third-order valence-corrected chi connectivity index (χ3v) is 3.42. The molecule has 0 radical (unpaired) electrons. The van der Waals surface area contributed by atoms with Gasteiger partial charge in [0.25, 0.3) is 0 Å². The molecule has 3 N–H and O–H groups in total. The summed E-state index contributed by atoms with van der Waals surface area (Å²) in [5.74, 6) is 0. The number of benzene rings is 2. The Balaban J connectivity index is 0.000000329. The molecule has 2 aromatic carbocycles. The average Bonchev–Trinajstić information content (AvgIpc) is 2.37. The lowest BCUT2D eigenvalue weighted by Gasteiger charge is -2.19. The van der Waals surface area contributed by atoms with Crippen molar-refractivity contribution in [2.24, 2.45) is 0 Å². The van der Waals surface area contributed by atoms with Crippen LogP contribution in [0, 0.1) is 0 Å². The van der Waals surface area contributed by atoms with E-state index in [9.17, 15) is 0 Å². The summed E-state index contributed by atoms with van der Waals surface area (Å²) in [7, 11) is -0.750. The maximum atomic E-state index is 7.12. The Hall–Kier alpha value is -1.43. The van der Waals surface area contributed by atoms with Crippen LogP contribution in [0.15, 0.2) is 58.3 Å². The second-order valence-electron chi connectivity index (χ2n) is 3.36. The van der Waals surface area contributed by atoms with Crippen LogP contribution in [0.4, 0.5) is 11.4 Å². The van der Waals surface area contributed by atoms with E-state index in [1.54, 1.807) is 0 Å². The number of para-hydroxylation sites is 2. The largest absolute Gasteiger partial charge is 0.432 e. The van der Waals surface area contributed by atoms with Gasteiger partial charge in [-0.05, 0) is 24.3 Å². The predicted octanol–water partition coefficient (Wildman–Crippen LogP) is 2.13. The summed E-state index contributed by atoms with van der Waals surface area (Å²) >= 11 is 1.82. The van der Waals surface area contributed by atoms with Gasteiger partial charge in [-0.3, -0.25) is 0 Å². The van der Waals surface area contributed by atoms with E-state index in [1.165, 1.54) is 21.2 Å². The van der Waals surface area contributed by atoms with Crippen molar-refractivity contribution in [2.45, 2.75) is 9.79 Å². The summed E-state index contributed by atoms with van der Waals surface area (Å²) in [6, 6.07) is 16.8. The fourth-order valence-corrected chi connectivity index (χ4v) is 2.57. The monoisotopic (exact) mass is 245 g/mol. The molecule has 17 heavy (non-hydrogen) atoms. The molecule has 1 heterocycles. The Morgan fingerprint density at radius 2 is 1.24 bits per heavy atom. The molecule has 0 saturated carbocycles. The van der Waals surface area contributed by atoms with E-state index in [1.807, 2.05) is 11.8 Å². The first-order chi connectivity index (χ1) is 8.35. The van der Waals surface area contributed by atoms with Crippen LogP contribution in [0.2, 0.25) is 0 Å². The quantitative estimate of drug-likeness (QED) is 0.531. The normalized spacial score (nSPS) is 11.2. The molecule has 5 heteroatoms. The van der Waals surface area contributed by atoms with Crippen molar-refractivity contribution >= 4 is 30.8 Å². The lowest BCUT2D eigenvalue weighted by Crippen LogP contribution is -1.98. The summed E-state index contributed by atoms with van der Waals surface area (Å²) < 4.78 is 0. The summed E-state index contributed by atoms with van der Waals surface area (Å²) in [5.41, 5.74) is 2.41. The Morgan fingerprint density at radius 3 is 1.71 bits per heavy atom. The zero-order valence-electron chi connectivity index (χ0n) is 9.13. The fraction of sp³-hybridized carbons (Fsp3) is 0. The zero-order chi connectivity index (χ0) is 12.1. The Morgan fingerprint density at radius 1 is 0.824 bits per heavy atom. The molecule has 0 amide bonds. The highest BCUT2D eigenvalue weighted by atomic mass is 32.2. The smallest absolute Gasteiger partial charge is 0.430 e. The van der Waals surface area contributed by atoms with Gasteiger partial charge in [-0.1, -0.05) is 36.0 Å². The molecule has 0 aromatic heterocycles. The van der Waals surface area contributed by atoms with Gasteiger partial charge >= 0.3 is 7.69 Å². The fourth-order valence-electron chi connectivity index (χ4n) is 1.58. The molecular weight excluding hydrogens is 233 g/mol. The molecule has 3 nitrogen and oxygen atoms in total. The van der Waals surface area contributed by atoms with Crippen molar-refractivity contribution in [1.29, 1.82) is 0 Å². The first-order valence-electron chi connectivity index (χ1n) is 5.20. The van der Waals surface area contributed by atoms with Crippen molar-refractivity contribution in [1.82, 2.24) is 0 Å². The molecule has 0 unspecified atom stereocenters. The molecular formula is C12H12BNO2S. The number of nitrogens with one attached hydrogen (secondary N) is 1. The number of hydrogen-bond acceptors (Lipinski definition) is 4. The summed E-state index contributed by atoms with van der Waals surface area (Å²) in [6.45, 7) is 0. The number of hydrogen-bond donors (Lipinski definition) is 3. The molecule has 3 rings (SSSR count). The highest BCUT2D eigenvalue weighted by Crippen LogP contribution is 2.43. The maximum Gasteiger partial charge on any atom is 0.432 e. The van der Waals surface area contributed by atoms with Crippen LogP contribution in [0.1, 0.15) is 0 Å². The topological polar surface area (TPSA) is 52.5 Å². The minimum atomic E-state index is -0.750. The van der Waals surface area contributed by atoms with Gasteiger partial charge in [0.15, 0.2) is 0 Å². The lowest BCUT2D eigenvalue weighted by atomic mass is 10.2. The molecule has 2 aromatic rings. The van der Waals surface area contributed by atoms with Crippen LogP contribution in [0.25, 0.3) is 0 Å². The molecule has 0 fully saturated rings. The van der Waals surface area contributed by atoms with Gasteiger partial charge in [0.1, 0.15) is 0 Å². The number of rotatable bonds is 0. The van der Waals surface area contributed by atoms with Crippen LogP contribution in [-0.4, -0.2) is 17.7 Å². The van der Waals surface area contributed by atoms with E-state index in [0.717, 1.165) is 0 Å². The maximum absolute atomic E-state index is 7.12. The van der Waals surface area contributed by atoms with E-state index in [-0.39, 0.29) is 0 Å². The van der Waals surface area contributed by atoms with Gasteiger partial charge < -0.3 is 15.4 Å². The number of anilines is 2. The van der Waals surface area contributed by atoms with Gasteiger partial charge in [0, 0.05) is 9.79 Å². The first kappa shape index (κ1) is 12.0. The Kier molecular flexibility index (Phi) is 4.09. The molecule has 0 saturated heterocycles. The predicted molar refractivity (Wildman–Crippen MR) is 71.9 cm³/mol. The van der Waals surface area contributed by atoms with Gasteiger partial charge in [-0.25, -0.2) is 0 Å². The Labute approximate surface area is 105 Å². The van der Waals surface area contributed by atoms with Crippen LogP contribution in [0.3, 0.4) is 0 Å². The molecule has 0 bridgehead atoms. The van der Waals surface area contributed by atoms with Crippen LogP contribution >= 0.6 is 11.8 Å². The van der Waals surface area contributed by atoms with Gasteiger partial charge in [0.05, 0.1) is 11.4 Å². The number of fused-ring (bicyclic) bond motifs is 2. The zero-order valence-corrected chi connectivity index (χ0v) is 9.95. The summed E-state index contributed by atoms with van der Waals surface area (Å²) in [4.78, 5) is 2.59. The second kappa shape index (κ2) is 5.77. The average molecular weight is 245 g/mol. The van der Waals surface area contributed by atoms with Crippen molar-refractivity contribution < 1.29 is 10.0 Å². The second-order valence-corrected chi connectivity index (χ2v) is 4.44. The Bertz CT molecular complexity index is 420. The van der Waals surface area contributed by atoms with Crippen molar-refractivity contribution in [3.63, 3.8) is 0 Å². The molecule has 0 spiro atoms. The molecule has 0 aliphatic carbocycles. The van der Waals surface area contributed by atoms with E-state index in [2.05, 4.69) is 53.8 Å². The van der Waals surface area contributed by atoms with E-state index in [0.29, 0.717) is 0 Å². The third kappa shape index (κ3) is 2.82. The lowest BCUT2D eigenvalue weighted by molar-refractivity contribution is 0.448.